The van der Waals surface area contributed by atoms with Crippen molar-refractivity contribution in [2.75, 3.05) is 13.1 Å². The van der Waals surface area contributed by atoms with Crippen LogP contribution in [0.2, 0.25) is 0 Å². The summed E-state index contributed by atoms with van der Waals surface area (Å²) >= 11 is 0. The molecule has 0 radical (unpaired) electrons. The van der Waals surface area contributed by atoms with E-state index in [0.717, 1.165) is 30.6 Å². The fourth-order valence-corrected chi connectivity index (χ4v) is 1.93. The number of likely N-dealkylation sites (N-methyl/N-ethyl adjacent to an activating group) is 1. The summed E-state index contributed by atoms with van der Waals surface area (Å²) in [7, 11) is 0. The molecule has 2 heteroatoms. The number of hydrogen-bond donors (Lipinski definition) is 0. The minimum atomic E-state index is 0.109. The van der Waals surface area contributed by atoms with Crippen molar-refractivity contribution in [1.29, 1.82) is 0 Å². The minimum Gasteiger partial charge on any atom is -0.340 e. The summed E-state index contributed by atoms with van der Waals surface area (Å²) in [6, 6.07) is 8.34. The van der Waals surface area contributed by atoms with Gasteiger partial charge in [0.25, 0.3) is 0 Å². The maximum Gasteiger partial charge on any atom is 0.246 e. The van der Waals surface area contributed by atoms with E-state index in [1.165, 1.54) is 5.56 Å². The lowest BCUT2D eigenvalue weighted by Gasteiger charge is -2.17. The molecule has 0 N–H and O–H groups in total. The first-order valence-electron chi connectivity index (χ1n) is 6.68. The van der Waals surface area contributed by atoms with Gasteiger partial charge in [-0.1, -0.05) is 36.8 Å². The van der Waals surface area contributed by atoms with Gasteiger partial charge in [0.15, 0.2) is 0 Å². The molecular weight excluding hydrogens is 222 g/mol. The highest BCUT2D eigenvalue weighted by Gasteiger charge is 2.08. The highest BCUT2D eigenvalue weighted by Crippen LogP contribution is 2.18. The smallest absolute Gasteiger partial charge is 0.246 e. The fraction of sp³-hybridized carbons (Fsp3) is 0.438. The van der Waals surface area contributed by atoms with Crippen molar-refractivity contribution >= 4 is 11.5 Å². The second-order valence-corrected chi connectivity index (χ2v) is 4.40. The number of nitrogens with zero attached hydrogens (tertiary/aromatic N) is 1. The number of benzene rings is 1. The van der Waals surface area contributed by atoms with Gasteiger partial charge in [-0.15, -0.1) is 0 Å². The Hall–Kier alpha value is -1.57. The van der Waals surface area contributed by atoms with Gasteiger partial charge in [0, 0.05) is 19.2 Å². The molecule has 0 unspecified atom stereocenters. The van der Waals surface area contributed by atoms with E-state index in [0.29, 0.717) is 0 Å². The number of carbonyl (C=O) groups excluding carboxylic acids is 1. The highest BCUT2D eigenvalue weighted by molar-refractivity contribution is 5.95. The Morgan fingerprint density at radius 2 is 1.67 bits per heavy atom. The Morgan fingerprint density at radius 1 is 1.11 bits per heavy atom. The van der Waals surface area contributed by atoms with Crippen LogP contribution in [0.5, 0.6) is 0 Å². The van der Waals surface area contributed by atoms with Crippen molar-refractivity contribution in [3.8, 4) is 0 Å². The third-order valence-corrected chi connectivity index (χ3v) is 3.18. The molecule has 0 aliphatic carbocycles. The largest absolute Gasteiger partial charge is 0.340 e. The van der Waals surface area contributed by atoms with E-state index in [1.54, 1.807) is 6.08 Å². The normalized spacial score (nSPS) is 11.4. The van der Waals surface area contributed by atoms with E-state index in [-0.39, 0.29) is 5.91 Å². The van der Waals surface area contributed by atoms with Crippen LogP contribution in [0.1, 0.15) is 38.3 Å². The van der Waals surface area contributed by atoms with E-state index in [2.05, 4.69) is 38.1 Å². The third kappa shape index (κ3) is 3.73. The van der Waals surface area contributed by atoms with Gasteiger partial charge in [-0.3, -0.25) is 4.79 Å². The number of aryl methyl sites for hydroxylation is 1. The molecule has 0 aromatic heterocycles. The molecule has 98 valence electrons. The van der Waals surface area contributed by atoms with Crippen molar-refractivity contribution in [1.82, 2.24) is 4.90 Å². The SMILES string of the molecule is CCC(=CC(=O)N(CC)CC)c1ccc(C)cc1. The van der Waals surface area contributed by atoms with Crippen LogP contribution in [0.15, 0.2) is 30.3 Å². The van der Waals surface area contributed by atoms with Gasteiger partial charge in [-0.05, 0) is 38.3 Å². The van der Waals surface area contributed by atoms with E-state index in [4.69, 9.17) is 0 Å². The second-order valence-electron chi connectivity index (χ2n) is 4.40. The van der Waals surface area contributed by atoms with Crippen molar-refractivity contribution < 1.29 is 4.79 Å². The summed E-state index contributed by atoms with van der Waals surface area (Å²) < 4.78 is 0. The molecule has 0 aliphatic rings. The van der Waals surface area contributed by atoms with Crippen LogP contribution in [0.4, 0.5) is 0 Å². The predicted octanol–water partition coefficient (Wildman–Crippen LogP) is 3.66. The first-order chi connectivity index (χ1) is 8.62. The topological polar surface area (TPSA) is 20.3 Å². The standard InChI is InChI=1S/C16H23NO/c1-5-14(12-16(18)17(6-2)7-3)15-10-8-13(4)9-11-15/h8-12H,5-7H2,1-4H3. The maximum atomic E-state index is 12.1. The number of rotatable bonds is 5. The Kier molecular flexibility index (Phi) is 5.63. The molecule has 0 saturated heterocycles. The van der Waals surface area contributed by atoms with Crippen molar-refractivity contribution in [3.05, 3.63) is 41.5 Å². The molecule has 0 heterocycles. The van der Waals surface area contributed by atoms with E-state index >= 15 is 0 Å². The van der Waals surface area contributed by atoms with Gasteiger partial charge in [-0.2, -0.15) is 0 Å². The number of carbonyl (C=O) groups is 1. The molecule has 0 bridgehead atoms. The molecule has 0 atom stereocenters. The van der Waals surface area contributed by atoms with Gasteiger partial charge < -0.3 is 4.90 Å². The molecule has 0 spiro atoms. The predicted molar refractivity (Wildman–Crippen MR) is 77.4 cm³/mol. The van der Waals surface area contributed by atoms with Crippen LogP contribution < -0.4 is 0 Å². The summed E-state index contributed by atoms with van der Waals surface area (Å²) in [5.41, 5.74) is 3.49. The lowest BCUT2D eigenvalue weighted by atomic mass is 10.0. The average Bonchev–Trinajstić information content (AvgIpc) is 2.38. The molecule has 18 heavy (non-hydrogen) atoms. The molecule has 0 aliphatic heterocycles. The van der Waals surface area contributed by atoms with Crippen molar-refractivity contribution in [2.24, 2.45) is 0 Å². The van der Waals surface area contributed by atoms with Gasteiger partial charge in [0.05, 0.1) is 0 Å². The number of amides is 1. The zero-order valence-electron chi connectivity index (χ0n) is 11.9. The molecule has 1 aromatic carbocycles. The minimum absolute atomic E-state index is 0.109. The molecule has 0 saturated carbocycles. The third-order valence-electron chi connectivity index (χ3n) is 3.18. The Balaban J connectivity index is 2.95. The highest BCUT2D eigenvalue weighted by atomic mass is 16.2. The van der Waals surface area contributed by atoms with Gasteiger partial charge in [0.1, 0.15) is 0 Å². The van der Waals surface area contributed by atoms with Crippen LogP contribution in [0, 0.1) is 6.92 Å². The van der Waals surface area contributed by atoms with Crippen LogP contribution in [-0.4, -0.2) is 23.9 Å². The van der Waals surface area contributed by atoms with Crippen LogP contribution in [0.25, 0.3) is 5.57 Å². The molecule has 1 amide bonds. The molecule has 2 nitrogen and oxygen atoms in total. The van der Waals surface area contributed by atoms with E-state index in [1.807, 2.05) is 18.7 Å². The lowest BCUT2D eigenvalue weighted by Crippen LogP contribution is -2.28. The molecule has 0 fully saturated rings. The summed E-state index contributed by atoms with van der Waals surface area (Å²) in [5.74, 6) is 0.109. The van der Waals surface area contributed by atoms with E-state index < -0.39 is 0 Å². The van der Waals surface area contributed by atoms with Crippen LogP contribution >= 0.6 is 0 Å². The Morgan fingerprint density at radius 3 is 2.11 bits per heavy atom. The van der Waals surface area contributed by atoms with Crippen molar-refractivity contribution in [2.45, 2.75) is 34.1 Å². The average molecular weight is 245 g/mol. The van der Waals surface area contributed by atoms with Gasteiger partial charge >= 0.3 is 0 Å². The molecule has 1 rings (SSSR count). The van der Waals surface area contributed by atoms with Gasteiger partial charge in [0.2, 0.25) is 5.91 Å². The summed E-state index contributed by atoms with van der Waals surface area (Å²) in [6.07, 6.45) is 2.65. The summed E-state index contributed by atoms with van der Waals surface area (Å²) in [5, 5.41) is 0. The quantitative estimate of drug-likeness (QED) is 0.725. The fourth-order valence-electron chi connectivity index (χ4n) is 1.93. The first kappa shape index (κ1) is 14.5. The van der Waals surface area contributed by atoms with Gasteiger partial charge in [-0.25, -0.2) is 0 Å². The maximum absolute atomic E-state index is 12.1. The van der Waals surface area contributed by atoms with E-state index in [9.17, 15) is 4.79 Å². The lowest BCUT2D eigenvalue weighted by molar-refractivity contribution is -0.125. The molecular formula is C16H23NO. The van der Waals surface area contributed by atoms with Crippen molar-refractivity contribution in [3.63, 3.8) is 0 Å². The zero-order chi connectivity index (χ0) is 13.5. The molecule has 1 aromatic rings. The zero-order valence-corrected chi connectivity index (χ0v) is 11.9. The number of hydrogen-bond acceptors (Lipinski definition) is 1. The number of allylic oxidation sites excluding steroid dienone is 1. The summed E-state index contributed by atoms with van der Waals surface area (Å²) in [6.45, 7) is 9.69. The Bertz CT molecular complexity index is 413. The summed E-state index contributed by atoms with van der Waals surface area (Å²) in [4.78, 5) is 13.9. The first-order valence-corrected chi connectivity index (χ1v) is 6.68. The van der Waals surface area contributed by atoms with Crippen LogP contribution in [-0.2, 0) is 4.79 Å². The monoisotopic (exact) mass is 245 g/mol. The second kappa shape index (κ2) is 7.00. The Labute approximate surface area is 110 Å². The van der Waals surface area contributed by atoms with Crippen LogP contribution in [0.3, 0.4) is 0 Å².